The Bertz CT molecular complexity index is 844. The van der Waals surface area contributed by atoms with E-state index in [1.54, 1.807) is 6.33 Å². The summed E-state index contributed by atoms with van der Waals surface area (Å²) in [6, 6.07) is 8.26. The first kappa shape index (κ1) is 14.9. The van der Waals surface area contributed by atoms with Gasteiger partial charge in [-0.1, -0.05) is 19.1 Å². The molecule has 3 aromatic rings. The second-order valence-corrected chi connectivity index (χ2v) is 6.04. The van der Waals surface area contributed by atoms with Gasteiger partial charge in [0.25, 0.3) is 0 Å². The molecule has 0 saturated heterocycles. The van der Waals surface area contributed by atoms with Gasteiger partial charge in [0.2, 0.25) is 0 Å². The van der Waals surface area contributed by atoms with Gasteiger partial charge < -0.3 is 10.1 Å². The van der Waals surface area contributed by atoms with E-state index in [0.29, 0.717) is 6.61 Å². The summed E-state index contributed by atoms with van der Waals surface area (Å²) in [5, 5.41) is 8.99. The Morgan fingerprint density at radius 3 is 3.17 bits per heavy atom. The molecular formula is C18H21N5O. The van der Waals surface area contributed by atoms with Gasteiger partial charge in [-0.15, -0.1) is 0 Å². The van der Waals surface area contributed by atoms with E-state index in [-0.39, 0.29) is 6.04 Å². The quantitative estimate of drug-likeness (QED) is 0.777. The minimum Gasteiger partial charge on any atom is -0.491 e. The molecule has 24 heavy (non-hydrogen) atoms. The van der Waals surface area contributed by atoms with Crippen LogP contribution in [0.1, 0.15) is 38.1 Å². The van der Waals surface area contributed by atoms with Crippen molar-refractivity contribution in [1.82, 2.24) is 19.7 Å². The standard InChI is InChI=1S/C18H21N5O/c1-2-11-24-16-7-3-5-13-14(8-9-19-17(13)16)22-15-6-4-10-23-18(15)20-12-21-23/h3,5,7-9,12,15H,2,4,6,10-11H2,1H3,(H,19,22)/t15-/m1/s1. The first-order valence-corrected chi connectivity index (χ1v) is 8.51. The van der Waals surface area contributed by atoms with E-state index in [1.165, 1.54) is 0 Å². The van der Waals surface area contributed by atoms with Crippen molar-refractivity contribution in [2.24, 2.45) is 0 Å². The lowest BCUT2D eigenvalue weighted by atomic mass is 10.1. The molecule has 6 nitrogen and oxygen atoms in total. The SMILES string of the molecule is CCCOc1cccc2c(N[C@@H]3CCCn4ncnc43)ccnc12. The van der Waals surface area contributed by atoms with Crippen molar-refractivity contribution in [3.8, 4) is 5.75 Å². The van der Waals surface area contributed by atoms with Crippen molar-refractivity contribution in [1.29, 1.82) is 0 Å². The average molecular weight is 323 g/mol. The number of pyridine rings is 1. The van der Waals surface area contributed by atoms with Gasteiger partial charge in [0.05, 0.1) is 12.6 Å². The van der Waals surface area contributed by atoms with E-state index >= 15 is 0 Å². The number of benzene rings is 1. The normalized spacial score (nSPS) is 16.8. The summed E-state index contributed by atoms with van der Waals surface area (Å²) in [5.74, 6) is 1.84. The molecule has 0 fully saturated rings. The molecule has 1 aromatic carbocycles. The maximum Gasteiger partial charge on any atom is 0.149 e. The molecule has 0 radical (unpaired) electrons. The Hall–Kier alpha value is -2.63. The summed E-state index contributed by atoms with van der Waals surface area (Å²) in [4.78, 5) is 8.95. The van der Waals surface area contributed by atoms with Crippen molar-refractivity contribution in [3.05, 3.63) is 42.6 Å². The molecule has 124 valence electrons. The number of aryl methyl sites for hydroxylation is 1. The van der Waals surface area contributed by atoms with Crippen LogP contribution in [-0.2, 0) is 6.54 Å². The van der Waals surface area contributed by atoms with Crippen LogP contribution in [0.15, 0.2) is 36.8 Å². The highest BCUT2D eigenvalue weighted by molar-refractivity contribution is 5.94. The number of anilines is 1. The average Bonchev–Trinajstić information content (AvgIpc) is 3.10. The van der Waals surface area contributed by atoms with Crippen molar-refractivity contribution < 1.29 is 4.74 Å². The van der Waals surface area contributed by atoms with Crippen LogP contribution in [0.2, 0.25) is 0 Å². The Morgan fingerprint density at radius 2 is 2.25 bits per heavy atom. The zero-order valence-electron chi connectivity index (χ0n) is 13.8. The van der Waals surface area contributed by atoms with Crippen LogP contribution in [0.3, 0.4) is 0 Å². The van der Waals surface area contributed by atoms with E-state index in [2.05, 4.69) is 33.4 Å². The summed E-state index contributed by atoms with van der Waals surface area (Å²) in [6.45, 7) is 3.74. The van der Waals surface area contributed by atoms with Gasteiger partial charge >= 0.3 is 0 Å². The fourth-order valence-electron chi connectivity index (χ4n) is 3.22. The van der Waals surface area contributed by atoms with Crippen LogP contribution in [-0.4, -0.2) is 26.4 Å². The van der Waals surface area contributed by atoms with Gasteiger partial charge in [0.1, 0.15) is 23.4 Å². The minimum absolute atomic E-state index is 0.173. The Labute approximate surface area is 140 Å². The van der Waals surface area contributed by atoms with Gasteiger partial charge in [-0.2, -0.15) is 5.10 Å². The van der Waals surface area contributed by atoms with Gasteiger partial charge in [0.15, 0.2) is 0 Å². The monoisotopic (exact) mass is 323 g/mol. The highest BCUT2D eigenvalue weighted by Crippen LogP contribution is 2.33. The van der Waals surface area contributed by atoms with E-state index in [9.17, 15) is 0 Å². The summed E-state index contributed by atoms with van der Waals surface area (Å²) < 4.78 is 7.83. The number of nitrogens with zero attached hydrogens (tertiary/aromatic N) is 4. The number of ether oxygens (including phenoxy) is 1. The molecule has 0 unspecified atom stereocenters. The predicted molar refractivity (Wildman–Crippen MR) is 93.1 cm³/mol. The molecule has 1 aliphatic rings. The molecule has 0 aliphatic carbocycles. The third kappa shape index (κ3) is 2.68. The van der Waals surface area contributed by atoms with Crippen molar-refractivity contribution in [3.63, 3.8) is 0 Å². The lowest BCUT2D eigenvalue weighted by Gasteiger charge is -2.24. The predicted octanol–water partition coefficient (Wildman–Crippen LogP) is 3.56. The number of aromatic nitrogens is 4. The van der Waals surface area contributed by atoms with Crippen molar-refractivity contribution >= 4 is 16.6 Å². The summed E-state index contributed by atoms with van der Waals surface area (Å²) in [5.41, 5.74) is 1.96. The number of fused-ring (bicyclic) bond motifs is 2. The van der Waals surface area contributed by atoms with E-state index in [0.717, 1.165) is 54.0 Å². The topological polar surface area (TPSA) is 64.9 Å². The van der Waals surface area contributed by atoms with Gasteiger partial charge in [-0.05, 0) is 31.4 Å². The molecule has 0 saturated carbocycles. The van der Waals surface area contributed by atoms with E-state index < -0.39 is 0 Å². The second-order valence-electron chi connectivity index (χ2n) is 6.04. The van der Waals surface area contributed by atoms with Crippen LogP contribution in [0.25, 0.3) is 10.9 Å². The Kier molecular flexibility index (Phi) is 4.02. The molecule has 0 spiro atoms. The van der Waals surface area contributed by atoms with E-state index in [4.69, 9.17) is 4.74 Å². The molecule has 4 rings (SSSR count). The minimum atomic E-state index is 0.173. The molecule has 0 bridgehead atoms. The number of nitrogens with one attached hydrogen (secondary N) is 1. The first-order valence-electron chi connectivity index (χ1n) is 8.51. The lowest BCUT2D eigenvalue weighted by Crippen LogP contribution is -2.22. The van der Waals surface area contributed by atoms with Gasteiger partial charge in [0, 0.05) is 23.8 Å². The van der Waals surface area contributed by atoms with E-state index in [1.807, 2.05) is 29.1 Å². The molecule has 1 aliphatic heterocycles. The smallest absolute Gasteiger partial charge is 0.149 e. The van der Waals surface area contributed by atoms with Crippen molar-refractivity contribution in [2.75, 3.05) is 11.9 Å². The lowest BCUT2D eigenvalue weighted by molar-refractivity contribution is 0.320. The largest absolute Gasteiger partial charge is 0.491 e. The molecule has 3 heterocycles. The fourth-order valence-corrected chi connectivity index (χ4v) is 3.22. The van der Waals surface area contributed by atoms with Crippen LogP contribution in [0, 0.1) is 0 Å². The summed E-state index contributed by atoms with van der Waals surface area (Å²) in [6.07, 6.45) is 6.59. The van der Waals surface area contributed by atoms with Crippen LogP contribution in [0.5, 0.6) is 5.75 Å². The number of hydrogen-bond donors (Lipinski definition) is 1. The molecular weight excluding hydrogens is 302 g/mol. The van der Waals surface area contributed by atoms with Gasteiger partial charge in [-0.25, -0.2) is 9.67 Å². The third-order valence-electron chi connectivity index (χ3n) is 4.35. The first-order chi connectivity index (χ1) is 11.9. The Balaban J connectivity index is 1.68. The maximum atomic E-state index is 5.84. The van der Waals surface area contributed by atoms with Crippen LogP contribution >= 0.6 is 0 Å². The molecule has 0 amide bonds. The Morgan fingerprint density at radius 1 is 1.29 bits per heavy atom. The zero-order valence-corrected chi connectivity index (χ0v) is 13.8. The fraction of sp³-hybridized carbons (Fsp3) is 0.389. The van der Waals surface area contributed by atoms with Crippen LogP contribution in [0.4, 0.5) is 5.69 Å². The summed E-state index contributed by atoms with van der Waals surface area (Å²) >= 11 is 0. The highest BCUT2D eigenvalue weighted by Gasteiger charge is 2.22. The molecule has 6 heteroatoms. The number of hydrogen-bond acceptors (Lipinski definition) is 5. The number of rotatable bonds is 5. The molecule has 1 atom stereocenters. The number of para-hydroxylation sites is 1. The highest BCUT2D eigenvalue weighted by atomic mass is 16.5. The van der Waals surface area contributed by atoms with Crippen molar-refractivity contribution in [2.45, 2.75) is 38.8 Å². The summed E-state index contributed by atoms with van der Waals surface area (Å²) in [7, 11) is 0. The molecule has 2 aromatic heterocycles. The van der Waals surface area contributed by atoms with Crippen LogP contribution < -0.4 is 10.1 Å². The maximum absolute atomic E-state index is 5.84. The second kappa shape index (κ2) is 6.47. The zero-order chi connectivity index (χ0) is 16.4. The van der Waals surface area contributed by atoms with Gasteiger partial charge in [-0.3, -0.25) is 4.98 Å². The third-order valence-corrected chi connectivity index (χ3v) is 4.35. The molecule has 1 N–H and O–H groups in total.